The van der Waals surface area contributed by atoms with Gasteiger partial charge < -0.3 is 5.32 Å². The molecule has 3 nitrogen and oxygen atoms in total. The second kappa shape index (κ2) is 4.73. The molecule has 1 unspecified atom stereocenters. The van der Waals surface area contributed by atoms with Gasteiger partial charge in [0.15, 0.2) is 0 Å². The van der Waals surface area contributed by atoms with Crippen molar-refractivity contribution < 1.29 is 4.79 Å². The highest BCUT2D eigenvalue weighted by atomic mass is 16.1. The zero-order valence-corrected chi connectivity index (χ0v) is 10.9. The van der Waals surface area contributed by atoms with Gasteiger partial charge in [-0.05, 0) is 38.3 Å². The van der Waals surface area contributed by atoms with E-state index >= 15 is 0 Å². The predicted octanol–water partition coefficient (Wildman–Crippen LogP) is 1.96. The summed E-state index contributed by atoms with van der Waals surface area (Å²) in [6.07, 6.45) is 3.78. The fraction of sp³-hybridized carbons (Fsp3) is 0.533. The summed E-state index contributed by atoms with van der Waals surface area (Å²) >= 11 is 0. The molecule has 1 heterocycles. The van der Waals surface area contributed by atoms with E-state index in [-0.39, 0.29) is 5.91 Å². The van der Waals surface area contributed by atoms with Gasteiger partial charge in [-0.25, -0.2) is 0 Å². The smallest absolute Gasteiger partial charge is 0.251 e. The number of carbonyl (C=O) groups excluding carboxylic acids is 1. The number of likely N-dealkylation sites (tertiary alicyclic amines) is 1. The summed E-state index contributed by atoms with van der Waals surface area (Å²) in [6.45, 7) is 4.21. The molecule has 1 amide bonds. The van der Waals surface area contributed by atoms with Crippen molar-refractivity contribution in [2.24, 2.45) is 0 Å². The van der Waals surface area contributed by atoms with Crippen molar-refractivity contribution in [3.63, 3.8) is 0 Å². The highest BCUT2D eigenvalue weighted by molar-refractivity contribution is 5.94. The molecular formula is C15H20N2O. The molecule has 1 saturated carbocycles. The van der Waals surface area contributed by atoms with Crippen LogP contribution in [0, 0.1) is 6.92 Å². The molecule has 96 valence electrons. The lowest BCUT2D eigenvalue weighted by Crippen LogP contribution is -2.37. The van der Waals surface area contributed by atoms with Gasteiger partial charge in [-0.1, -0.05) is 17.7 Å². The van der Waals surface area contributed by atoms with Crippen molar-refractivity contribution in [2.75, 3.05) is 13.1 Å². The molecule has 0 bridgehead atoms. The van der Waals surface area contributed by atoms with Gasteiger partial charge in [-0.15, -0.1) is 0 Å². The molecule has 0 radical (unpaired) electrons. The summed E-state index contributed by atoms with van der Waals surface area (Å²) in [4.78, 5) is 14.6. The number of aryl methyl sites for hydroxylation is 1. The molecule has 1 saturated heterocycles. The van der Waals surface area contributed by atoms with Gasteiger partial charge in [-0.3, -0.25) is 9.69 Å². The number of nitrogens with zero attached hydrogens (tertiary/aromatic N) is 1. The Balaban J connectivity index is 1.56. The predicted molar refractivity (Wildman–Crippen MR) is 71.6 cm³/mol. The second-order valence-corrected chi connectivity index (χ2v) is 5.55. The largest absolute Gasteiger partial charge is 0.348 e. The molecular weight excluding hydrogens is 224 g/mol. The Labute approximate surface area is 108 Å². The molecule has 1 atom stereocenters. The molecule has 3 heteroatoms. The van der Waals surface area contributed by atoms with E-state index in [0.717, 1.165) is 31.1 Å². The maximum absolute atomic E-state index is 12.1. The van der Waals surface area contributed by atoms with Crippen molar-refractivity contribution in [3.8, 4) is 0 Å². The summed E-state index contributed by atoms with van der Waals surface area (Å²) in [5.74, 6) is 0.0673. The SMILES string of the molecule is Cc1ccc(C(=O)NC2CCN(C3CC3)C2)cc1. The number of benzene rings is 1. The Kier molecular flexibility index (Phi) is 3.08. The van der Waals surface area contributed by atoms with E-state index in [0.29, 0.717) is 6.04 Å². The number of carbonyl (C=O) groups is 1. The van der Waals surface area contributed by atoms with Gasteiger partial charge >= 0.3 is 0 Å². The first kappa shape index (κ1) is 11.7. The Hall–Kier alpha value is -1.35. The van der Waals surface area contributed by atoms with E-state index in [2.05, 4.69) is 10.2 Å². The van der Waals surface area contributed by atoms with Crippen LogP contribution in [-0.2, 0) is 0 Å². The van der Waals surface area contributed by atoms with Crippen molar-refractivity contribution in [1.82, 2.24) is 10.2 Å². The molecule has 2 aliphatic rings. The number of rotatable bonds is 3. The number of hydrogen-bond donors (Lipinski definition) is 1. The quantitative estimate of drug-likeness (QED) is 0.881. The van der Waals surface area contributed by atoms with E-state index in [4.69, 9.17) is 0 Å². The lowest BCUT2D eigenvalue weighted by molar-refractivity contribution is 0.0937. The van der Waals surface area contributed by atoms with Crippen LogP contribution < -0.4 is 5.32 Å². The van der Waals surface area contributed by atoms with Crippen LogP contribution in [0.3, 0.4) is 0 Å². The molecule has 1 aromatic rings. The number of amides is 1. The molecule has 3 rings (SSSR count). The highest BCUT2D eigenvalue weighted by Gasteiger charge is 2.34. The molecule has 1 N–H and O–H groups in total. The summed E-state index contributed by atoms with van der Waals surface area (Å²) in [5.41, 5.74) is 1.96. The summed E-state index contributed by atoms with van der Waals surface area (Å²) < 4.78 is 0. The second-order valence-electron chi connectivity index (χ2n) is 5.55. The minimum Gasteiger partial charge on any atom is -0.348 e. The lowest BCUT2D eigenvalue weighted by atomic mass is 10.1. The third-order valence-electron chi connectivity index (χ3n) is 3.93. The summed E-state index contributed by atoms with van der Waals surface area (Å²) in [7, 11) is 0. The molecule has 1 aliphatic carbocycles. The van der Waals surface area contributed by atoms with E-state index in [1.165, 1.54) is 18.4 Å². The topological polar surface area (TPSA) is 32.3 Å². The van der Waals surface area contributed by atoms with Crippen LogP contribution in [0.5, 0.6) is 0 Å². The third kappa shape index (κ3) is 2.56. The van der Waals surface area contributed by atoms with E-state index < -0.39 is 0 Å². The van der Waals surface area contributed by atoms with Gasteiger partial charge in [0.05, 0.1) is 0 Å². The van der Waals surface area contributed by atoms with Crippen molar-refractivity contribution in [1.29, 1.82) is 0 Å². The Morgan fingerprint density at radius 2 is 1.94 bits per heavy atom. The zero-order chi connectivity index (χ0) is 12.5. The summed E-state index contributed by atoms with van der Waals surface area (Å²) in [5, 5.41) is 3.15. The molecule has 18 heavy (non-hydrogen) atoms. The van der Waals surface area contributed by atoms with Crippen LogP contribution in [-0.4, -0.2) is 36.0 Å². The van der Waals surface area contributed by atoms with Gasteiger partial charge in [0.1, 0.15) is 0 Å². The Morgan fingerprint density at radius 1 is 1.22 bits per heavy atom. The Morgan fingerprint density at radius 3 is 2.61 bits per heavy atom. The Bertz CT molecular complexity index is 436. The van der Waals surface area contributed by atoms with Crippen LogP contribution in [0.1, 0.15) is 35.2 Å². The normalized spacial score (nSPS) is 24.2. The van der Waals surface area contributed by atoms with Crippen molar-refractivity contribution >= 4 is 5.91 Å². The maximum atomic E-state index is 12.1. The molecule has 0 spiro atoms. The first-order valence-corrected chi connectivity index (χ1v) is 6.84. The first-order valence-electron chi connectivity index (χ1n) is 6.84. The van der Waals surface area contributed by atoms with E-state index in [1.807, 2.05) is 31.2 Å². The monoisotopic (exact) mass is 244 g/mol. The molecule has 1 aromatic carbocycles. The maximum Gasteiger partial charge on any atom is 0.251 e. The molecule has 2 fully saturated rings. The first-order chi connectivity index (χ1) is 8.72. The zero-order valence-electron chi connectivity index (χ0n) is 10.9. The highest BCUT2D eigenvalue weighted by Crippen LogP contribution is 2.29. The van der Waals surface area contributed by atoms with E-state index in [9.17, 15) is 4.79 Å². The average Bonchev–Trinajstić information content (AvgIpc) is 3.11. The third-order valence-corrected chi connectivity index (χ3v) is 3.93. The van der Waals surface area contributed by atoms with Crippen LogP contribution in [0.2, 0.25) is 0 Å². The lowest BCUT2D eigenvalue weighted by Gasteiger charge is -2.15. The van der Waals surface area contributed by atoms with Crippen LogP contribution in [0.15, 0.2) is 24.3 Å². The standard InChI is InChI=1S/C15H20N2O/c1-11-2-4-12(5-3-11)15(18)16-13-8-9-17(10-13)14-6-7-14/h2-5,13-14H,6-10H2,1H3,(H,16,18). The van der Waals surface area contributed by atoms with Gasteiger partial charge in [0, 0.05) is 30.7 Å². The molecule has 0 aromatic heterocycles. The van der Waals surface area contributed by atoms with Crippen molar-refractivity contribution in [3.05, 3.63) is 35.4 Å². The van der Waals surface area contributed by atoms with Crippen molar-refractivity contribution in [2.45, 2.75) is 38.3 Å². The fourth-order valence-electron chi connectivity index (χ4n) is 2.65. The number of hydrogen-bond acceptors (Lipinski definition) is 2. The van der Waals surface area contributed by atoms with Gasteiger partial charge in [0.25, 0.3) is 5.91 Å². The van der Waals surface area contributed by atoms with Crippen LogP contribution in [0.4, 0.5) is 0 Å². The van der Waals surface area contributed by atoms with Crippen LogP contribution in [0.25, 0.3) is 0 Å². The molecule has 1 aliphatic heterocycles. The van der Waals surface area contributed by atoms with Gasteiger partial charge in [0.2, 0.25) is 0 Å². The average molecular weight is 244 g/mol. The summed E-state index contributed by atoms with van der Waals surface area (Å²) in [6, 6.07) is 8.92. The fourth-order valence-corrected chi connectivity index (χ4v) is 2.65. The van der Waals surface area contributed by atoms with E-state index in [1.54, 1.807) is 0 Å². The minimum absolute atomic E-state index is 0.0673. The van der Waals surface area contributed by atoms with Crippen LogP contribution >= 0.6 is 0 Å². The minimum atomic E-state index is 0.0673. The number of nitrogens with one attached hydrogen (secondary N) is 1. The van der Waals surface area contributed by atoms with Gasteiger partial charge in [-0.2, -0.15) is 0 Å².